The van der Waals surface area contributed by atoms with E-state index >= 15 is 0 Å². The average Bonchev–Trinajstić information content (AvgIpc) is 3.48. The number of amides is 1. The number of halogens is 1. The molecule has 3 aromatic rings. The number of hydrogen-bond acceptors (Lipinski definition) is 4. The van der Waals surface area contributed by atoms with Gasteiger partial charge in [-0.05, 0) is 62.6 Å². The van der Waals surface area contributed by atoms with Crippen molar-refractivity contribution in [3.63, 3.8) is 0 Å². The smallest absolute Gasteiger partial charge is 0.260 e. The van der Waals surface area contributed by atoms with Gasteiger partial charge in [0.2, 0.25) is 0 Å². The van der Waals surface area contributed by atoms with Crippen molar-refractivity contribution in [2.75, 3.05) is 16.5 Å². The lowest BCUT2D eigenvalue weighted by Crippen LogP contribution is -2.54. The van der Waals surface area contributed by atoms with Gasteiger partial charge in [0.05, 0.1) is 23.1 Å². The highest BCUT2D eigenvalue weighted by Gasteiger charge is 2.61. The number of hydrogen-bond donors (Lipinski definition) is 1. The van der Waals surface area contributed by atoms with Crippen LogP contribution in [0.4, 0.5) is 11.5 Å². The second-order valence-electron chi connectivity index (χ2n) is 8.84. The standard InChI is InChI=1S/C25H24ClN5O/c1-16-21-15-25(17(2)28-31(24(25)32)20-12-10-18(26)11-13-20)22-9-6-14-29(22)23(21)30(27-16)19-7-4-3-5-8-19/h3-5,7-8,10-13,22,28H,2,6,9,14-15H2,1H3/t22-,25-/m1/s1. The fourth-order valence-corrected chi connectivity index (χ4v) is 5.77. The van der Waals surface area contributed by atoms with Crippen molar-refractivity contribution in [3.05, 3.63) is 83.2 Å². The van der Waals surface area contributed by atoms with Crippen LogP contribution < -0.4 is 15.3 Å². The van der Waals surface area contributed by atoms with Crippen molar-refractivity contribution in [3.8, 4) is 5.69 Å². The Morgan fingerprint density at radius 2 is 1.88 bits per heavy atom. The molecule has 2 atom stereocenters. The van der Waals surface area contributed by atoms with Crippen LogP contribution in [0, 0.1) is 12.3 Å². The predicted octanol–water partition coefficient (Wildman–Crippen LogP) is 4.41. The number of benzene rings is 2. The van der Waals surface area contributed by atoms with E-state index in [4.69, 9.17) is 16.7 Å². The van der Waals surface area contributed by atoms with Crippen molar-refractivity contribution >= 4 is 29.0 Å². The Morgan fingerprint density at radius 3 is 2.62 bits per heavy atom. The van der Waals surface area contributed by atoms with Gasteiger partial charge < -0.3 is 4.90 Å². The van der Waals surface area contributed by atoms with Crippen molar-refractivity contribution in [2.24, 2.45) is 5.41 Å². The molecule has 162 valence electrons. The average molecular weight is 446 g/mol. The van der Waals surface area contributed by atoms with Crippen LogP contribution >= 0.6 is 11.6 Å². The first-order valence-electron chi connectivity index (χ1n) is 11.0. The van der Waals surface area contributed by atoms with Gasteiger partial charge in [0, 0.05) is 22.8 Å². The summed E-state index contributed by atoms with van der Waals surface area (Å²) in [5.41, 5.74) is 7.22. The van der Waals surface area contributed by atoms with Crippen LogP contribution in [0.2, 0.25) is 5.02 Å². The van der Waals surface area contributed by atoms with E-state index in [0.717, 1.165) is 53.5 Å². The zero-order valence-electron chi connectivity index (χ0n) is 17.9. The summed E-state index contributed by atoms with van der Waals surface area (Å²) in [4.78, 5) is 16.4. The summed E-state index contributed by atoms with van der Waals surface area (Å²) in [6, 6.07) is 17.6. The quantitative estimate of drug-likeness (QED) is 0.634. The Morgan fingerprint density at radius 1 is 1.12 bits per heavy atom. The molecule has 1 amide bonds. The molecule has 1 N–H and O–H groups in total. The monoisotopic (exact) mass is 445 g/mol. The molecule has 2 saturated heterocycles. The van der Waals surface area contributed by atoms with Gasteiger partial charge in [0.15, 0.2) is 0 Å². The molecule has 1 aromatic heterocycles. The first-order chi connectivity index (χ1) is 15.5. The zero-order valence-corrected chi connectivity index (χ0v) is 18.6. The van der Waals surface area contributed by atoms with Crippen LogP contribution in [-0.2, 0) is 11.2 Å². The van der Waals surface area contributed by atoms with Gasteiger partial charge in [-0.1, -0.05) is 36.4 Å². The minimum atomic E-state index is -0.724. The van der Waals surface area contributed by atoms with E-state index in [-0.39, 0.29) is 11.9 Å². The first kappa shape index (κ1) is 19.4. The lowest BCUT2D eigenvalue weighted by Gasteiger charge is -2.44. The molecule has 0 radical (unpaired) electrons. The normalized spacial score (nSPS) is 24.1. The highest BCUT2D eigenvalue weighted by atomic mass is 35.5. The number of anilines is 2. The summed E-state index contributed by atoms with van der Waals surface area (Å²) >= 11 is 6.07. The molecule has 3 aliphatic heterocycles. The van der Waals surface area contributed by atoms with E-state index in [9.17, 15) is 4.79 Å². The van der Waals surface area contributed by atoms with Crippen molar-refractivity contribution in [1.82, 2.24) is 15.2 Å². The summed E-state index contributed by atoms with van der Waals surface area (Å²) in [5, 5.41) is 7.18. The van der Waals surface area contributed by atoms with Crippen molar-refractivity contribution in [2.45, 2.75) is 32.2 Å². The Hall–Kier alpha value is -3.25. The number of hydrazine groups is 1. The molecular weight excluding hydrogens is 422 g/mol. The molecule has 0 bridgehead atoms. The molecule has 32 heavy (non-hydrogen) atoms. The van der Waals surface area contributed by atoms with Crippen LogP contribution in [0.5, 0.6) is 0 Å². The van der Waals surface area contributed by atoms with Crippen LogP contribution in [0.3, 0.4) is 0 Å². The van der Waals surface area contributed by atoms with Gasteiger partial charge in [0.25, 0.3) is 5.91 Å². The number of para-hydroxylation sites is 1. The minimum Gasteiger partial charge on any atom is -0.352 e. The summed E-state index contributed by atoms with van der Waals surface area (Å²) in [7, 11) is 0. The third-order valence-electron chi connectivity index (χ3n) is 7.16. The molecule has 2 aromatic carbocycles. The maximum atomic E-state index is 14.0. The van der Waals surface area contributed by atoms with Crippen molar-refractivity contribution in [1.29, 1.82) is 0 Å². The molecule has 6 nitrogen and oxygen atoms in total. The highest BCUT2D eigenvalue weighted by Crippen LogP contribution is 2.53. The molecule has 3 aliphatic rings. The number of rotatable bonds is 2. The Kier molecular flexibility index (Phi) is 4.17. The van der Waals surface area contributed by atoms with Gasteiger partial charge in [-0.3, -0.25) is 10.2 Å². The van der Waals surface area contributed by atoms with Crippen LogP contribution in [0.25, 0.3) is 5.69 Å². The Bertz CT molecular complexity index is 1240. The van der Waals surface area contributed by atoms with Crippen LogP contribution in [-0.4, -0.2) is 28.3 Å². The summed E-state index contributed by atoms with van der Waals surface area (Å²) in [6.45, 7) is 7.29. The number of carbonyl (C=O) groups excluding carboxylic acids is 1. The van der Waals surface area contributed by atoms with E-state index in [1.807, 2.05) is 41.9 Å². The van der Waals surface area contributed by atoms with Crippen LogP contribution in [0.15, 0.2) is 66.9 Å². The molecule has 0 unspecified atom stereocenters. The number of nitrogens with one attached hydrogen (secondary N) is 1. The highest BCUT2D eigenvalue weighted by molar-refractivity contribution is 6.30. The molecule has 0 aliphatic carbocycles. The largest absolute Gasteiger partial charge is 0.352 e. The van der Waals surface area contributed by atoms with Gasteiger partial charge in [-0.15, -0.1) is 0 Å². The Balaban J connectivity index is 1.48. The number of fused-ring (bicyclic) bond motifs is 4. The van der Waals surface area contributed by atoms with Crippen LogP contribution in [0.1, 0.15) is 24.1 Å². The maximum absolute atomic E-state index is 14.0. The fourth-order valence-electron chi connectivity index (χ4n) is 5.64. The van der Waals surface area contributed by atoms with Gasteiger partial charge in [0.1, 0.15) is 11.2 Å². The van der Waals surface area contributed by atoms with E-state index in [0.29, 0.717) is 11.4 Å². The molecule has 1 spiro atoms. The van der Waals surface area contributed by atoms with Gasteiger partial charge in [-0.2, -0.15) is 5.10 Å². The maximum Gasteiger partial charge on any atom is 0.260 e. The molecular formula is C25H24ClN5O. The molecule has 6 rings (SSSR count). The third kappa shape index (κ3) is 2.53. The number of nitrogens with zero attached hydrogens (tertiary/aromatic N) is 4. The fraction of sp³-hybridized carbons (Fsp3) is 0.280. The number of aromatic nitrogens is 2. The van der Waals surface area contributed by atoms with E-state index in [1.54, 1.807) is 17.1 Å². The van der Waals surface area contributed by atoms with E-state index < -0.39 is 5.41 Å². The minimum absolute atomic E-state index is 0.0402. The van der Waals surface area contributed by atoms with E-state index in [2.05, 4.69) is 29.0 Å². The molecule has 7 heteroatoms. The zero-order chi connectivity index (χ0) is 22.0. The molecule has 0 saturated carbocycles. The summed E-state index contributed by atoms with van der Waals surface area (Å²) in [6.07, 6.45) is 2.57. The van der Waals surface area contributed by atoms with E-state index in [1.165, 1.54) is 0 Å². The first-order valence-corrected chi connectivity index (χ1v) is 11.4. The van der Waals surface area contributed by atoms with Gasteiger partial charge >= 0.3 is 0 Å². The summed E-state index contributed by atoms with van der Waals surface area (Å²) < 4.78 is 2.04. The summed E-state index contributed by atoms with van der Waals surface area (Å²) in [5.74, 6) is 1.16. The van der Waals surface area contributed by atoms with Crippen molar-refractivity contribution < 1.29 is 4.79 Å². The second-order valence-corrected chi connectivity index (χ2v) is 9.28. The Labute approximate surface area is 192 Å². The molecule has 2 fully saturated rings. The number of aryl methyl sites for hydroxylation is 1. The SMILES string of the molecule is C=C1NN(c2ccc(Cl)cc2)C(=O)[C@]12Cc1c(C)nn(-c3ccccc3)c1N1CCC[C@@H]12. The van der Waals surface area contributed by atoms with Gasteiger partial charge in [-0.25, -0.2) is 9.69 Å². The molecule has 4 heterocycles. The predicted molar refractivity (Wildman–Crippen MR) is 126 cm³/mol. The third-order valence-corrected chi connectivity index (χ3v) is 7.41. The number of carbonyl (C=O) groups is 1. The second kappa shape index (κ2) is 6.87. The topological polar surface area (TPSA) is 53.4 Å². The lowest BCUT2D eigenvalue weighted by molar-refractivity contribution is -0.125. The lowest BCUT2D eigenvalue weighted by atomic mass is 9.69.